The molecule has 2 rings (SSSR count). The second-order valence-corrected chi connectivity index (χ2v) is 7.11. The van der Waals surface area contributed by atoms with Gasteiger partial charge in [0.25, 0.3) is 0 Å². The van der Waals surface area contributed by atoms with E-state index in [4.69, 9.17) is 11.6 Å². The van der Waals surface area contributed by atoms with Crippen molar-refractivity contribution in [2.45, 2.75) is 31.3 Å². The molecule has 0 aliphatic carbocycles. The van der Waals surface area contributed by atoms with Gasteiger partial charge in [-0.15, -0.1) is 0 Å². The van der Waals surface area contributed by atoms with Gasteiger partial charge in [0, 0.05) is 31.2 Å². The Morgan fingerprint density at radius 1 is 1.28 bits per heavy atom. The largest absolute Gasteiger partial charge is 0.366 e. The molecule has 1 heterocycles. The predicted octanol–water partition coefficient (Wildman–Crippen LogP) is 4.09. The maximum atomic E-state index is 12.1. The number of nitrogens with zero attached hydrogens (tertiary/aromatic N) is 3. The Hall–Kier alpha value is -1.79. The van der Waals surface area contributed by atoms with E-state index in [2.05, 4.69) is 22.2 Å². The van der Waals surface area contributed by atoms with Crippen LogP contribution >= 0.6 is 23.4 Å². The topological polar surface area (TPSA) is 58.1 Å². The molecule has 7 heteroatoms. The van der Waals surface area contributed by atoms with Gasteiger partial charge in [-0.1, -0.05) is 48.8 Å². The molecule has 0 saturated heterocycles. The van der Waals surface area contributed by atoms with Gasteiger partial charge in [-0.2, -0.15) is 0 Å². The number of hydrogen-bond donors (Lipinski definition) is 1. The van der Waals surface area contributed by atoms with Crippen molar-refractivity contribution in [3.63, 3.8) is 0 Å². The molecule has 1 N–H and O–H groups in total. The number of rotatable bonds is 9. The van der Waals surface area contributed by atoms with E-state index < -0.39 is 0 Å². The van der Waals surface area contributed by atoms with E-state index >= 15 is 0 Å². The van der Waals surface area contributed by atoms with Gasteiger partial charge >= 0.3 is 0 Å². The van der Waals surface area contributed by atoms with Gasteiger partial charge in [0.2, 0.25) is 5.91 Å². The first kappa shape index (κ1) is 19.5. The first-order valence-electron chi connectivity index (χ1n) is 8.25. The lowest BCUT2D eigenvalue weighted by atomic mass is 10.2. The second-order valence-electron chi connectivity index (χ2n) is 5.68. The minimum atomic E-state index is 0.118. The summed E-state index contributed by atoms with van der Waals surface area (Å²) in [6, 6.07) is 9.52. The highest BCUT2D eigenvalue weighted by molar-refractivity contribution is 7.99. The maximum absolute atomic E-state index is 12.1. The Morgan fingerprint density at radius 2 is 2.04 bits per heavy atom. The lowest BCUT2D eigenvalue weighted by Gasteiger charge is -2.16. The third kappa shape index (κ3) is 6.92. The molecule has 0 atom stereocenters. The summed E-state index contributed by atoms with van der Waals surface area (Å²) < 4.78 is 0. The van der Waals surface area contributed by atoms with Crippen LogP contribution in [0.4, 0.5) is 5.82 Å². The summed E-state index contributed by atoms with van der Waals surface area (Å²) in [6.07, 6.45) is 3.62. The van der Waals surface area contributed by atoms with Crippen molar-refractivity contribution in [2.24, 2.45) is 0 Å². The molecule has 0 fully saturated rings. The van der Waals surface area contributed by atoms with Crippen LogP contribution in [0.15, 0.2) is 41.7 Å². The lowest BCUT2D eigenvalue weighted by Crippen LogP contribution is -2.29. The molecule has 0 aliphatic heterocycles. The first-order valence-corrected chi connectivity index (χ1v) is 9.62. The fraction of sp³-hybridized carbons (Fsp3) is 0.389. The smallest absolute Gasteiger partial charge is 0.232 e. The van der Waals surface area contributed by atoms with Crippen molar-refractivity contribution in [3.05, 3.63) is 47.2 Å². The van der Waals surface area contributed by atoms with Crippen LogP contribution < -0.4 is 5.32 Å². The number of unbranched alkanes of at least 4 members (excludes halogenated alkanes) is 1. The van der Waals surface area contributed by atoms with Crippen LogP contribution in [0, 0.1) is 0 Å². The second kappa shape index (κ2) is 10.3. The molecule has 134 valence electrons. The van der Waals surface area contributed by atoms with E-state index in [9.17, 15) is 4.79 Å². The summed E-state index contributed by atoms with van der Waals surface area (Å²) in [5, 5.41) is 4.76. The van der Waals surface area contributed by atoms with E-state index in [1.54, 1.807) is 4.90 Å². The molecule has 25 heavy (non-hydrogen) atoms. The van der Waals surface area contributed by atoms with Gasteiger partial charge in [-0.05, 0) is 24.1 Å². The normalized spacial score (nSPS) is 10.5. The Kier molecular flexibility index (Phi) is 8.01. The third-order valence-corrected chi connectivity index (χ3v) is 4.81. The predicted molar refractivity (Wildman–Crippen MR) is 104 cm³/mol. The monoisotopic (exact) mass is 378 g/mol. The van der Waals surface area contributed by atoms with E-state index in [1.165, 1.54) is 18.1 Å². The van der Waals surface area contributed by atoms with Crippen LogP contribution in [0.25, 0.3) is 0 Å². The van der Waals surface area contributed by atoms with Gasteiger partial charge in [-0.3, -0.25) is 4.79 Å². The minimum Gasteiger partial charge on any atom is -0.366 e. The zero-order valence-electron chi connectivity index (χ0n) is 14.5. The lowest BCUT2D eigenvalue weighted by molar-refractivity contribution is -0.127. The standard InChI is InChI=1S/C18H23ClN4OS/c1-3-4-9-23(2)18(24)12-25-17-10-16(21-13-22-17)20-11-14-5-7-15(19)8-6-14/h5-8,10,13H,3-4,9,11-12H2,1-2H3,(H,20,21,22). The number of carbonyl (C=O) groups excluding carboxylic acids is 1. The Balaban J connectivity index is 1.84. The molecule has 0 saturated carbocycles. The summed E-state index contributed by atoms with van der Waals surface area (Å²) in [5.41, 5.74) is 1.12. The molecule has 1 aromatic heterocycles. The summed E-state index contributed by atoms with van der Waals surface area (Å²) in [5.74, 6) is 1.24. The van der Waals surface area contributed by atoms with E-state index in [-0.39, 0.29) is 5.91 Å². The zero-order valence-corrected chi connectivity index (χ0v) is 16.1. The fourth-order valence-electron chi connectivity index (χ4n) is 2.08. The molecule has 5 nitrogen and oxygen atoms in total. The van der Waals surface area contributed by atoms with Crippen molar-refractivity contribution in [1.29, 1.82) is 0 Å². The van der Waals surface area contributed by atoms with Crippen molar-refractivity contribution in [1.82, 2.24) is 14.9 Å². The van der Waals surface area contributed by atoms with Gasteiger partial charge in [0.1, 0.15) is 17.2 Å². The zero-order chi connectivity index (χ0) is 18.1. The van der Waals surface area contributed by atoms with Crippen LogP contribution in [0.2, 0.25) is 5.02 Å². The molecule has 2 aromatic rings. The van der Waals surface area contributed by atoms with Crippen LogP contribution in [0.3, 0.4) is 0 Å². The molecule has 0 aliphatic rings. The number of anilines is 1. The number of carbonyl (C=O) groups is 1. The fourth-order valence-corrected chi connectivity index (χ4v) is 3.01. The highest BCUT2D eigenvalue weighted by atomic mass is 35.5. The molecule has 1 amide bonds. The highest BCUT2D eigenvalue weighted by Crippen LogP contribution is 2.18. The van der Waals surface area contributed by atoms with Crippen LogP contribution in [-0.2, 0) is 11.3 Å². The number of thioether (sulfide) groups is 1. The summed E-state index contributed by atoms with van der Waals surface area (Å²) in [7, 11) is 1.84. The maximum Gasteiger partial charge on any atom is 0.232 e. The minimum absolute atomic E-state index is 0.118. The van der Waals surface area contributed by atoms with E-state index in [1.807, 2.05) is 37.4 Å². The number of amides is 1. The van der Waals surface area contributed by atoms with Crippen molar-refractivity contribution in [3.8, 4) is 0 Å². The average molecular weight is 379 g/mol. The molecular formula is C18H23ClN4OS. The Labute approximate surface area is 158 Å². The molecule has 0 radical (unpaired) electrons. The quantitative estimate of drug-likeness (QED) is 0.526. The van der Waals surface area contributed by atoms with Crippen LogP contribution in [0.1, 0.15) is 25.3 Å². The van der Waals surface area contributed by atoms with Crippen molar-refractivity contribution >= 4 is 35.1 Å². The van der Waals surface area contributed by atoms with Gasteiger partial charge < -0.3 is 10.2 Å². The van der Waals surface area contributed by atoms with Crippen LogP contribution in [-0.4, -0.2) is 40.1 Å². The molecule has 0 unspecified atom stereocenters. The number of hydrogen-bond acceptors (Lipinski definition) is 5. The molecule has 0 spiro atoms. The molecule has 1 aromatic carbocycles. The van der Waals surface area contributed by atoms with Gasteiger partial charge in [-0.25, -0.2) is 9.97 Å². The number of halogens is 1. The highest BCUT2D eigenvalue weighted by Gasteiger charge is 2.09. The average Bonchev–Trinajstić information content (AvgIpc) is 2.64. The van der Waals surface area contributed by atoms with E-state index in [0.29, 0.717) is 12.3 Å². The molecule has 0 bridgehead atoms. The summed E-state index contributed by atoms with van der Waals surface area (Å²) in [6.45, 7) is 3.57. The third-order valence-electron chi connectivity index (χ3n) is 3.65. The van der Waals surface area contributed by atoms with E-state index in [0.717, 1.165) is 40.8 Å². The van der Waals surface area contributed by atoms with Crippen molar-refractivity contribution in [2.75, 3.05) is 24.7 Å². The SMILES string of the molecule is CCCCN(C)C(=O)CSc1cc(NCc2ccc(Cl)cc2)ncn1. The summed E-state index contributed by atoms with van der Waals surface area (Å²) in [4.78, 5) is 22.3. The number of nitrogens with one attached hydrogen (secondary N) is 1. The number of aromatic nitrogens is 2. The van der Waals surface area contributed by atoms with Gasteiger partial charge in [0.05, 0.1) is 5.75 Å². The van der Waals surface area contributed by atoms with Crippen molar-refractivity contribution < 1.29 is 4.79 Å². The molecular weight excluding hydrogens is 356 g/mol. The first-order chi connectivity index (χ1) is 12.1. The Bertz CT molecular complexity index is 681. The van der Waals surface area contributed by atoms with Gasteiger partial charge in [0.15, 0.2) is 0 Å². The van der Waals surface area contributed by atoms with Crippen LogP contribution in [0.5, 0.6) is 0 Å². The Morgan fingerprint density at radius 3 is 2.76 bits per heavy atom. The summed E-state index contributed by atoms with van der Waals surface area (Å²) >= 11 is 7.31. The number of benzene rings is 1.